The number of hydrogen-bond acceptors (Lipinski definition) is 5. The molecule has 0 fully saturated rings. The van der Waals surface area contributed by atoms with Gasteiger partial charge in [-0.1, -0.05) is 40.8 Å². The average Bonchev–Trinajstić information content (AvgIpc) is 3.17. The molecular formula is C16H13N5OS. The quantitative estimate of drug-likeness (QED) is 0.628. The zero-order valence-corrected chi connectivity index (χ0v) is 13.1. The number of carbonyl (C=O) groups is 1. The molecule has 1 atom stereocenters. The van der Waals surface area contributed by atoms with E-state index in [4.69, 9.17) is 0 Å². The molecule has 1 unspecified atom stereocenters. The highest BCUT2D eigenvalue weighted by Crippen LogP contribution is 2.26. The summed E-state index contributed by atoms with van der Waals surface area (Å²) in [5, 5.41) is 11.6. The van der Waals surface area contributed by atoms with Crippen molar-refractivity contribution >= 4 is 43.6 Å². The standard InChI is InChI=1S/C16H13N5OS/c1-10(21-13-8-4-2-6-11(13)19-20-21)15(22)18-16-17-12-7-3-5-9-14(12)23-16/h2-10H,1H3,(H,17,18,22). The summed E-state index contributed by atoms with van der Waals surface area (Å²) in [5.74, 6) is -0.167. The number of anilines is 1. The van der Waals surface area contributed by atoms with Gasteiger partial charge in [0.05, 0.1) is 15.7 Å². The topological polar surface area (TPSA) is 72.7 Å². The molecule has 1 N–H and O–H groups in total. The van der Waals surface area contributed by atoms with Gasteiger partial charge in [0.2, 0.25) is 0 Å². The predicted octanol–water partition coefficient (Wildman–Crippen LogP) is 3.24. The minimum Gasteiger partial charge on any atom is -0.300 e. The van der Waals surface area contributed by atoms with E-state index in [0.29, 0.717) is 5.13 Å². The number of fused-ring (bicyclic) bond motifs is 2. The molecule has 6 nitrogen and oxygen atoms in total. The predicted molar refractivity (Wildman–Crippen MR) is 90.5 cm³/mol. The summed E-state index contributed by atoms with van der Waals surface area (Å²) >= 11 is 1.46. The number of thiazole rings is 1. The Morgan fingerprint density at radius 2 is 1.87 bits per heavy atom. The van der Waals surface area contributed by atoms with Gasteiger partial charge in [-0.05, 0) is 31.2 Å². The Morgan fingerprint density at radius 1 is 1.13 bits per heavy atom. The van der Waals surface area contributed by atoms with E-state index in [1.54, 1.807) is 11.6 Å². The second-order valence-corrected chi connectivity index (χ2v) is 6.21. The maximum Gasteiger partial charge on any atom is 0.250 e. The van der Waals surface area contributed by atoms with Crippen molar-refractivity contribution in [1.29, 1.82) is 0 Å². The fraction of sp³-hybridized carbons (Fsp3) is 0.125. The second-order valence-electron chi connectivity index (χ2n) is 5.17. The van der Waals surface area contributed by atoms with Crippen LogP contribution in [-0.2, 0) is 4.79 Å². The molecular weight excluding hydrogens is 310 g/mol. The van der Waals surface area contributed by atoms with Gasteiger partial charge in [0, 0.05) is 0 Å². The number of rotatable bonds is 3. The molecule has 0 radical (unpaired) electrons. The van der Waals surface area contributed by atoms with E-state index in [1.807, 2.05) is 48.5 Å². The maximum absolute atomic E-state index is 12.5. The van der Waals surface area contributed by atoms with Gasteiger partial charge in [0.15, 0.2) is 5.13 Å². The van der Waals surface area contributed by atoms with E-state index in [1.165, 1.54) is 11.3 Å². The number of carbonyl (C=O) groups excluding carboxylic acids is 1. The molecule has 0 aliphatic rings. The van der Waals surface area contributed by atoms with Crippen molar-refractivity contribution in [3.63, 3.8) is 0 Å². The smallest absolute Gasteiger partial charge is 0.250 e. The lowest BCUT2D eigenvalue weighted by molar-refractivity contribution is -0.119. The molecule has 4 aromatic rings. The van der Waals surface area contributed by atoms with Crippen LogP contribution in [0.5, 0.6) is 0 Å². The number of benzene rings is 2. The van der Waals surface area contributed by atoms with Crippen molar-refractivity contribution in [1.82, 2.24) is 20.0 Å². The summed E-state index contributed by atoms with van der Waals surface area (Å²) < 4.78 is 2.67. The third-order valence-corrected chi connectivity index (χ3v) is 4.60. The zero-order chi connectivity index (χ0) is 15.8. The van der Waals surface area contributed by atoms with Crippen LogP contribution in [0.4, 0.5) is 5.13 Å². The van der Waals surface area contributed by atoms with Gasteiger partial charge in [-0.2, -0.15) is 0 Å². The largest absolute Gasteiger partial charge is 0.300 e. The number of para-hydroxylation sites is 2. The first-order chi connectivity index (χ1) is 11.2. The van der Waals surface area contributed by atoms with Crippen LogP contribution in [0.25, 0.3) is 21.3 Å². The summed E-state index contributed by atoms with van der Waals surface area (Å²) in [6.45, 7) is 1.80. The number of hydrogen-bond donors (Lipinski definition) is 1. The van der Waals surface area contributed by atoms with Gasteiger partial charge in [-0.25, -0.2) is 9.67 Å². The van der Waals surface area contributed by atoms with Gasteiger partial charge in [-0.15, -0.1) is 5.10 Å². The normalized spacial score (nSPS) is 12.6. The number of nitrogens with one attached hydrogen (secondary N) is 1. The second kappa shape index (κ2) is 5.44. The summed E-state index contributed by atoms with van der Waals surface area (Å²) in [7, 11) is 0. The Morgan fingerprint density at radius 3 is 2.70 bits per heavy atom. The minimum atomic E-state index is -0.477. The Kier molecular flexibility index (Phi) is 3.27. The van der Waals surface area contributed by atoms with Crippen LogP contribution < -0.4 is 5.32 Å². The van der Waals surface area contributed by atoms with E-state index in [2.05, 4.69) is 20.6 Å². The SMILES string of the molecule is CC(C(=O)Nc1nc2ccccc2s1)n1nnc2ccccc21. The molecule has 114 valence electrons. The molecule has 0 aliphatic heterocycles. The van der Waals surface area contributed by atoms with Crippen LogP contribution in [-0.4, -0.2) is 25.9 Å². The molecule has 4 rings (SSSR count). The molecule has 2 aromatic carbocycles. The van der Waals surface area contributed by atoms with Crippen molar-refractivity contribution in [3.8, 4) is 0 Å². The van der Waals surface area contributed by atoms with E-state index in [-0.39, 0.29) is 5.91 Å². The van der Waals surface area contributed by atoms with Crippen molar-refractivity contribution in [2.75, 3.05) is 5.32 Å². The highest BCUT2D eigenvalue weighted by Gasteiger charge is 2.19. The Labute approximate surface area is 135 Å². The fourth-order valence-corrected chi connectivity index (χ4v) is 3.29. The van der Waals surface area contributed by atoms with E-state index in [0.717, 1.165) is 21.3 Å². The van der Waals surface area contributed by atoms with Gasteiger partial charge in [0.1, 0.15) is 11.6 Å². The molecule has 0 spiro atoms. The zero-order valence-electron chi connectivity index (χ0n) is 12.3. The molecule has 23 heavy (non-hydrogen) atoms. The summed E-state index contributed by atoms with van der Waals surface area (Å²) in [5.41, 5.74) is 2.48. The summed E-state index contributed by atoms with van der Waals surface area (Å²) in [6.07, 6.45) is 0. The number of amides is 1. The lowest BCUT2D eigenvalue weighted by atomic mass is 10.2. The Hall–Kier alpha value is -2.80. The van der Waals surface area contributed by atoms with Crippen molar-refractivity contribution in [2.45, 2.75) is 13.0 Å². The highest BCUT2D eigenvalue weighted by molar-refractivity contribution is 7.22. The van der Waals surface area contributed by atoms with Crippen LogP contribution >= 0.6 is 11.3 Å². The maximum atomic E-state index is 12.5. The van der Waals surface area contributed by atoms with Crippen LogP contribution in [0.1, 0.15) is 13.0 Å². The van der Waals surface area contributed by atoms with Gasteiger partial charge < -0.3 is 5.32 Å². The third kappa shape index (κ3) is 2.44. The van der Waals surface area contributed by atoms with Crippen molar-refractivity contribution in [3.05, 3.63) is 48.5 Å². The van der Waals surface area contributed by atoms with Gasteiger partial charge in [-0.3, -0.25) is 4.79 Å². The molecule has 0 saturated carbocycles. The first-order valence-electron chi connectivity index (χ1n) is 7.19. The highest BCUT2D eigenvalue weighted by atomic mass is 32.1. The molecule has 1 amide bonds. The lowest BCUT2D eigenvalue weighted by Crippen LogP contribution is -2.24. The summed E-state index contributed by atoms with van der Waals surface area (Å²) in [6, 6.07) is 14.9. The number of nitrogens with zero attached hydrogens (tertiary/aromatic N) is 4. The van der Waals surface area contributed by atoms with Crippen molar-refractivity contribution in [2.24, 2.45) is 0 Å². The molecule has 0 bridgehead atoms. The molecule has 0 aliphatic carbocycles. The van der Waals surface area contributed by atoms with E-state index in [9.17, 15) is 4.79 Å². The fourth-order valence-electron chi connectivity index (χ4n) is 2.42. The van der Waals surface area contributed by atoms with E-state index < -0.39 is 6.04 Å². The molecule has 2 aromatic heterocycles. The van der Waals surface area contributed by atoms with Crippen LogP contribution in [0.3, 0.4) is 0 Å². The first-order valence-corrected chi connectivity index (χ1v) is 8.00. The minimum absolute atomic E-state index is 0.167. The van der Waals surface area contributed by atoms with Crippen LogP contribution in [0.15, 0.2) is 48.5 Å². The first kappa shape index (κ1) is 13.8. The average molecular weight is 323 g/mol. The molecule has 7 heteroatoms. The molecule has 2 heterocycles. The molecule has 0 saturated heterocycles. The van der Waals surface area contributed by atoms with Gasteiger partial charge in [0.25, 0.3) is 5.91 Å². The van der Waals surface area contributed by atoms with Crippen LogP contribution in [0, 0.1) is 0 Å². The van der Waals surface area contributed by atoms with Crippen molar-refractivity contribution < 1.29 is 4.79 Å². The van der Waals surface area contributed by atoms with Gasteiger partial charge >= 0.3 is 0 Å². The summed E-state index contributed by atoms with van der Waals surface area (Å²) in [4.78, 5) is 16.9. The number of aromatic nitrogens is 4. The third-order valence-electron chi connectivity index (χ3n) is 3.65. The Bertz CT molecular complexity index is 973. The van der Waals surface area contributed by atoms with Crippen LogP contribution in [0.2, 0.25) is 0 Å². The van der Waals surface area contributed by atoms with E-state index >= 15 is 0 Å². The monoisotopic (exact) mass is 323 g/mol. The Balaban J connectivity index is 1.60. The lowest BCUT2D eigenvalue weighted by Gasteiger charge is -2.11.